The summed E-state index contributed by atoms with van der Waals surface area (Å²) in [6.45, 7) is 3.38. The molecule has 3 amide bonds. The van der Waals surface area contributed by atoms with Gasteiger partial charge in [-0.15, -0.1) is 0 Å². The van der Waals surface area contributed by atoms with Crippen molar-refractivity contribution in [1.82, 2.24) is 9.80 Å². The number of benzene rings is 2. The zero-order chi connectivity index (χ0) is 20.8. The summed E-state index contributed by atoms with van der Waals surface area (Å²) in [5.74, 6) is -0.0645. The molecule has 0 radical (unpaired) electrons. The number of carbonyl (C=O) groups excluding carboxylic acids is 2. The predicted molar refractivity (Wildman–Crippen MR) is 117 cm³/mol. The van der Waals surface area contributed by atoms with Crippen molar-refractivity contribution >= 4 is 33.6 Å². The molecule has 0 aromatic heterocycles. The number of anilines is 1. The largest absolute Gasteiger partial charge is 0.383 e. The molecule has 0 bridgehead atoms. The second-order valence-corrected chi connectivity index (χ2v) is 7.89. The lowest BCUT2D eigenvalue weighted by atomic mass is 9.93. The van der Waals surface area contributed by atoms with Gasteiger partial charge in [0.15, 0.2) is 0 Å². The first-order valence-corrected chi connectivity index (χ1v) is 10.5. The Kier molecular flexibility index (Phi) is 7.28. The molecule has 2 aromatic carbocycles. The quantitative estimate of drug-likeness (QED) is 0.707. The SMILES string of the molecule is COCCN(CC(=O)N1CCc2ccccc2C1C)C(=O)Nc1ccccc1Br. The van der Waals surface area contributed by atoms with E-state index in [0.717, 1.165) is 10.9 Å². The van der Waals surface area contributed by atoms with Crippen LogP contribution in [0.5, 0.6) is 0 Å². The van der Waals surface area contributed by atoms with Gasteiger partial charge in [0, 0.05) is 24.7 Å². The van der Waals surface area contributed by atoms with Crippen LogP contribution < -0.4 is 5.32 Å². The molecule has 0 saturated carbocycles. The first-order chi connectivity index (χ1) is 14.0. The first-order valence-electron chi connectivity index (χ1n) is 9.68. The van der Waals surface area contributed by atoms with E-state index in [1.807, 2.05) is 48.2 Å². The van der Waals surface area contributed by atoms with Crippen LogP contribution in [0, 0.1) is 0 Å². The summed E-state index contributed by atoms with van der Waals surface area (Å²) in [6, 6.07) is 15.3. The van der Waals surface area contributed by atoms with Gasteiger partial charge < -0.3 is 19.9 Å². The second-order valence-electron chi connectivity index (χ2n) is 7.04. The van der Waals surface area contributed by atoms with Crippen LogP contribution in [0.2, 0.25) is 0 Å². The number of fused-ring (bicyclic) bond motifs is 1. The molecule has 0 fully saturated rings. The van der Waals surface area contributed by atoms with Crippen LogP contribution in [0.15, 0.2) is 53.0 Å². The maximum atomic E-state index is 13.1. The minimum atomic E-state index is -0.327. The molecule has 1 N–H and O–H groups in total. The average Bonchev–Trinajstić information content (AvgIpc) is 2.73. The Balaban J connectivity index is 1.70. The molecule has 0 spiro atoms. The van der Waals surface area contributed by atoms with Gasteiger partial charge in [0.05, 0.1) is 18.3 Å². The fourth-order valence-corrected chi connectivity index (χ4v) is 3.96. The highest BCUT2D eigenvalue weighted by atomic mass is 79.9. The molecular weight excluding hydrogens is 434 g/mol. The summed E-state index contributed by atoms with van der Waals surface area (Å²) >= 11 is 3.43. The molecule has 0 aliphatic carbocycles. The Bertz CT molecular complexity index is 874. The number of amides is 3. The molecule has 29 heavy (non-hydrogen) atoms. The Morgan fingerprint density at radius 1 is 1.21 bits per heavy atom. The minimum Gasteiger partial charge on any atom is -0.383 e. The van der Waals surface area contributed by atoms with E-state index in [0.29, 0.717) is 25.4 Å². The fourth-order valence-electron chi connectivity index (χ4n) is 3.58. The van der Waals surface area contributed by atoms with Gasteiger partial charge in [-0.3, -0.25) is 4.79 Å². The van der Waals surface area contributed by atoms with Crippen molar-refractivity contribution in [2.24, 2.45) is 0 Å². The average molecular weight is 460 g/mol. The van der Waals surface area contributed by atoms with Crippen LogP contribution in [0.25, 0.3) is 0 Å². The number of methoxy groups -OCH3 is 1. The highest BCUT2D eigenvalue weighted by Gasteiger charge is 2.29. The van der Waals surface area contributed by atoms with E-state index in [2.05, 4.69) is 33.4 Å². The van der Waals surface area contributed by atoms with Gasteiger partial charge in [0.1, 0.15) is 6.54 Å². The standard InChI is InChI=1S/C22H26BrN3O3/c1-16-18-8-4-3-7-17(18)11-12-26(16)21(27)15-25(13-14-29-2)22(28)24-20-10-6-5-9-19(20)23/h3-10,16H,11-15H2,1-2H3,(H,24,28). The maximum absolute atomic E-state index is 13.1. The van der Waals surface area contributed by atoms with Crippen LogP contribution in [0.1, 0.15) is 24.1 Å². The Morgan fingerprint density at radius 3 is 2.69 bits per heavy atom. The summed E-state index contributed by atoms with van der Waals surface area (Å²) in [4.78, 5) is 29.3. The number of hydrogen-bond acceptors (Lipinski definition) is 3. The summed E-state index contributed by atoms with van der Waals surface area (Å²) in [6.07, 6.45) is 0.827. The van der Waals surface area contributed by atoms with Gasteiger partial charge in [-0.2, -0.15) is 0 Å². The highest BCUT2D eigenvalue weighted by Crippen LogP contribution is 2.29. The van der Waals surface area contributed by atoms with Gasteiger partial charge in [-0.1, -0.05) is 36.4 Å². The highest BCUT2D eigenvalue weighted by molar-refractivity contribution is 9.10. The molecule has 1 aliphatic rings. The minimum absolute atomic E-state index is 0.00610. The molecule has 1 unspecified atom stereocenters. The van der Waals surface area contributed by atoms with E-state index < -0.39 is 0 Å². The number of nitrogens with one attached hydrogen (secondary N) is 1. The molecule has 1 aliphatic heterocycles. The maximum Gasteiger partial charge on any atom is 0.322 e. The summed E-state index contributed by atoms with van der Waals surface area (Å²) < 4.78 is 5.92. The molecular formula is C22H26BrN3O3. The third-order valence-electron chi connectivity index (χ3n) is 5.21. The number of hydrogen-bond donors (Lipinski definition) is 1. The number of ether oxygens (including phenoxy) is 1. The lowest BCUT2D eigenvalue weighted by Crippen LogP contribution is -2.48. The van der Waals surface area contributed by atoms with Crippen LogP contribution in [-0.2, 0) is 16.0 Å². The normalized spacial score (nSPS) is 15.6. The van der Waals surface area contributed by atoms with Crippen LogP contribution in [0.3, 0.4) is 0 Å². The van der Waals surface area contributed by atoms with Crippen molar-refractivity contribution in [3.05, 3.63) is 64.1 Å². The third-order valence-corrected chi connectivity index (χ3v) is 5.90. The van der Waals surface area contributed by atoms with Gasteiger partial charge in [0.25, 0.3) is 0 Å². The number of rotatable bonds is 6. The fraction of sp³-hybridized carbons (Fsp3) is 0.364. The van der Waals surface area contributed by atoms with E-state index in [1.165, 1.54) is 16.0 Å². The van der Waals surface area contributed by atoms with Crippen molar-refractivity contribution in [2.45, 2.75) is 19.4 Å². The number of para-hydroxylation sites is 1. The molecule has 154 valence electrons. The predicted octanol–water partition coefficient (Wildman–Crippen LogP) is 4.08. The van der Waals surface area contributed by atoms with Crippen LogP contribution in [0.4, 0.5) is 10.5 Å². The van der Waals surface area contributed by atoms with Crippen LogP contribution in [-0.4, -0.2) is 55.1 Å². The summed E-state index contributed by atoms with van der Waals surface area (Å²) in [7, 11) is 1.58. The summed E-state index contributed by atoms with van der Waals surface area (Å²) in [5, 5.41) is 2.87. The van der Waals surface area contributed by atoms with Gasteiger partial charge in [-0.25, -0.2) is 4.79 Å². The second kappa shape index (κ2) is 9.89. The Morgan fingerprint density at radius 2 is 1.93 bits per heavy atom. The molecule has 1 heterocycles. The molecule has 2 aromatic rings. The Labute approximate surface area is 180 Å². The first kappa shape index (κ1) is 21.3. The molecule has 6 nitrogen and oxygen atoms in total. The van der Waals surface area contributed by atoms with Crippen molar-refractivity contribution < 1.29 is 14.3 Å². The smallest absolute Gasteiger partial charge is 0.322 e. The molecule has 0 saturated heterocycles. The van der Waals surface area contributed by atoms with Gasteiger partial charge >= 0.3 is 6.03 Å². The molecule has 3 rings (SSSR count). The molecule has 1 atom stereocenters. The van der Waals surface area contributed by atoms with Crippen LogP contribution >= 0.6 is 15.9 Å². The monoisotopic (exact) mass is 459 g/mol. The van der Waals surface area contributed by atoms with Crippen molar-refractivity contribution in [2.75, 3.05) is 38.7 Å². The van der Waals surface area contributed by atoms with Crippen molar-refractivity contribution in [3.63, 3.8) is 0 Å². The van der Waals surface area contributed by atoms with Gasteiger partial charge in [-0.05, 0) is 52.5 Å². The topological polar surface area (TPSA) is 61.9 Å². The van der Waals surface area contributed by atoms with E-state index >= 15 is 0 Å². The van der Waals surface area contributed by atoms with E-state index in [4.69, 9.17) is 4.74 Å². The van der Waals surface area contributed by atoms with Gasteiger partial charge in [0.2, 0.25) is 5.91 Å². The number of halogens is 1. The van der Waals surface area contributed by atoms with Crippen molar-refractivity contribution in [3.8, 4) is 0 Å². The lowest BCUT2D eigenvalue weighted by Gasteiger charge is -2.36. The van der Waals surface area contributed by atoms with E-state index in [1.54, 1.807) is 7.11 Å². The molecule has 7 heteroatoms. The van der Waals surface area contributed by atoms with Crippen molar-refractivity contribution in [1.29, 1.82) is 0 Å². The van der Waals surface area contributed by atoms with E-state index in [9.17, 15) is 9.59 Å². The van der Waals surface area contributed by atoms with E-state index in [-0.39, 0.29) is 24.5 Å². The number of nitrogens with zero attached hydrogens (tertiary/aromatic N) is 2. The Hall–Kier alpha value is -2.38. The number of urea groups is 1. The zero-order valence-corrected chi connectivity index (χ0v) is 18.3. The lowest BCUT2D eigenvalue weighted by molar-refractivity contribution is -0.134. The summed E-state index contributed by atoms with van der Waals surface area (Å²) in [5.41, 5.74) is 3.12. The third kappa shape index (κ3) is 5.16. The zero-order valence-electron chi connectivity index (χ0n) is 16.7. The number of carbonyl (C=O) groups is 2.